The Morgan fingerprint density at radius 1 is 1.30 bits per heavy atom. The Kier molecular flexibility index (Phi) is 10.2. The summed E-state index contributed by atoms with van der Waals surface area (Å²) in [7, 11) is 1.60. The second-order valence-electron chi connectivity index (χ2n) is 5.91. The van der Waals surface area contributed by atoms with Crippen LogP contribution in [0.3, 0.4) is 0 Å². The highest BCUT2D eigenvalue weighted by atomic mass is 35.5. The van der Waals surface area contributed by atoms with Crippen molar-refractivity contribution in [3.05, 3.63) is 0 Å². The van der Waals surface area contributed by atoms with Crippen molar-refractivity contribution in [1.29, 1.82) is 0 Å². The summed E-state index contributed by atoms with van der Waals surface area (Å²) in [5.74, 6) is 1.35. The van der Waals surface area contributed by atoms with Gasteiger partial charge in [0.1, 0.15) is 0 Å². The summed E-state index contributed by atoms with van der Waals surface area (Å²) in [6, 6.07) is 0.228. The third-order valence-electron chi connectivity index (χ3n) is 4.58. The molecule has 20 heavy (non-hydrogen) atoms. The zero-order valence-corrected chi connectivity index (χ0v) is 13.9. The lowest BCUT2D eigenvalue weighted by atomic mass is 9.78. The van der Waals surface area contributed by atoms with Crippen LogP contribution in [0.5, 0.6) is 0 Å². The smallest absolute Gasteiger partial charge is 0.222 e. The van der Waals surface area contributed by atoms with Crippen LogP contribution in [0.1, 0.15) is 52.4 Å². The minimum Gasteiger partial charge on any atom is -0.380 e. The number of carbonyl (C=O) groups is 1. The summed E-state index contributed by atoms with van der Waals surface area (Å²) in [6.07, 6.45) is 6.86. The van der Waals surface area contributed by atoms with Crippen LogP contribution < -0.4 is 11.1 Å². The molecule has 1 amide bonds. The average Bonchev–Trinajstić information content (AvgIpc) is 2.44. The molecule has 3 atom stereocenters. The molecule has 4 nitrogen and oxygen atoms in total. The molecule has 3 unspecified atom stereocenters. The van der Waals surface area contributed by atoms with Crippen molar-refractivity contribution < 1.29 is 9.53 Å². The summed E-state index contributed by atoms with van der Waals surface area (Å²) in [5.41, 5.74) is 5.53. The summed E-state index contributed by atoms with van der Waals surface area (Å²) < 4.78 is 5.14. The minimum absolute atomic E-state index is 0. The van der Waals surface area contributed by atoms with E-state index in [1.54, 1.807) is 7.11 Å². The molecule has 1 aliphatic rings. The van der Waals surface area contributed by atoms with E-state index in [-0.39, 0.29) is 30.5 Å². The summed E-state index contributed by atoms with van der Waals surface area (Å²) in [4.78, 5) is 11.9. The van der Waals surface area contributed by atoms with Gasteiger partial charge >= 0.3 is 0 Å². The fourth-order valence-electron chi connectivity index (χ4n) is 2.98. The number of hydrogen-bond donors (Lipinski definition) is 2. The maximum absolute atomic E-state index is 11.9. The van der Waals surface area contributed by atoms with Gasteiger partial charge in [-0.05, 0) is 18.8 Å². The van der Waals surface area contributed by atoms with E-state index in [2.05, 4.69) is 19.2 Å². The van der Waals surface area contributed by atoms with Crippen LogP contribution >= 0.6 is 12.4 Å². The molecule has 1 fully saturated rings. The summed E-state index contributed by atoms with van der Waals surface area (Å²) >= 11 is 0. The highest BCUT2D eigenvalue weighted by Gasteiger charge is 2.25. The van der Waals surface area contributed by atoms with E-state index in [0.717, 1.165) is 5.92 Å². The number of halogens is 1. The number of nitrogens with two attached hydrogens (primary N) is 1. The maximum Gasteiger partial charge on any atom is 0.222 e. The van der Waals surface area contributed by atoms with Crippen molar-refractivity contribution >= 4 is 18.3 Å². The van der Waals surface area contributed by atoms with Crippen LogP contribution in [0.4, 0.5) is 0 Å². The predicted molar refractivity (Wildman–Crippen MR) is 85.1 cm³/mol. The lowest BCUT2D eigenvalue weighted by Gasteiger charge is -2.32. The van der Waals surface area contributed by atoms with Gasteiger partial charge in [0.05, 0.1) is 12.5 Å². The van der Waals surface area contributed by atoms with Gasteiger partial charge < -0.3 is 15.8 Å². The molecule has 3 N–H and O–H groups in total. The molecule has 0 aromatic carbocycles. The first-order chi connectivity index (χ1) is 9.08. The first kappa shape index (κ1) is 19.7. The highest BCUT2D eigenvalue weighted by Crippen LogP contribution is 2.31. The SMILES string of the molecule is COC(CN)CC(=O)NC(C)C(C)C1CCCCC1.Cl. The number of rotatable bonds is 7. The van der Waals surface area contributed by atoms with Crippen molar-refractivity contribution in [1.82, 2.24) is 5.32 Å². The molecule has 0 spiro atoms. The number of methoxy groups -OCH3 is 1. The molecular formula is C15H31ClN2O2. The van der Waals surface area contributed by atoms with E-state index in [0.29, 0.717) is 18.9 Å². The molecule has 0 aliphatic heterocycles. The fraction of sp³-hybridized carbons (Fsp3) is 0.933. The van der Waals surface area contributed by atoms with Crippen LogP contribution in [-0.2, 0) is 9.53 Å². The van der Waals surface area contributed by atoms with Gasteiger partial charge in [-0.1, -0.05) is 39.0 Å². The van der Waals surface area contributed by atoms with Crippen molar-refractivity contribution in [2.24, 2.45) is 17.6 Å². The number of carbonyl (C=O) groups excluding carboxylic acids is 1. The molecule has 0 radical (unpaired) electrons. The fourth-order valence-corrected chi connectivity index (χ4v) is 2.98. The van der Waals surface area contributed by atoms with Crippen LogP contribution in [0.25, 0.3) is 0 Å². The molecular weight excluding hydrogens is 276 g/mol. The molecule has 0 heterocycles. The lowest BCUT2D eigenvalue weighted by Crippen LogP contribution is -2.42. The van der Waals surface area contributed by atoms with E-state index in [9.17, 15) is 4.79 Å². The summed E-state index contributed by atoms with van der Waals surface area (Å²) in [5, 5.41) is 3.10. The molecule has 0 aromatic heterocycles. The number of ether oxygens (including phenoxy) is 1. The molecule has 1 saturated carbocycles. The molecule has 0 saturated heterocycles. The monoisotopic (exact) mass is 306 g/mol. The Morgan fingerprint density at radius 3 is 2.40 bits per heavy atom. The molecule has 5 heteroatoms. The van der Waals surface area contributed by atoms with Crippen molar-refractivity contribution in [2.75, 3.05) is 13.7 Å². The Labute approximate surface area is 129 Å². The van der Waals surface area contributed by atoms with Crippen LogP contribution in [0, 0.1) is 11.8 Å². The molecule has 0 bridgehead atoms. The third kappa shape index (κ3) is 6.42. The third-order valence-corrected chi connectivity index (χ3v) is 4.58. The zero-order chi connectivity index (χ0) is 14.3. The number of nitrogens with one attached hydrogen (secondary N) is 1. The molecule has 120 valence electrons. The van der Waals surface area contributed by atoms with Gasteiger partial charge in [-0.25, -0.2) is 0 Å². The average molecular weight is 307 g/mol. The van der Waals surface area contributed by atoms with Crippen LogP contribution in [0.15, 0.2) is 0 Å². The Bertz CT molecular complexity index is 267. The first-order valence-electron chi connectivity index (χ1n) is 7.60. The summed E-state index contributed by atoms with van der Waals surface area (Å²) in [6.45, 7) is 4.76. The van der Waals surface area contributed by atoms with E-state index in [1.165, 1.54) is 32.1 Å². The molecule has 1 aliphatic carbocycles. The van der Waals surface area contributed by atoms with Gasteiger partial charge in [0.2, 0.25) is 5.91 Å². The Balaban J connectivity index is 0.00000361. The largest absolute Gasteiger partial charge is 0.380 e. The number of amides is 1. The Morgan fingerprint density at radius 2 is 1.90 bits per heavy atom. The van der Waals surface area contributed by atoms with E-state index in [1.807, 2.05) is 0 Å². The van der Waals surface area contributed by atoms with Gasteiger partial charge in [0, 0.05) is 19.7 Å². The van der Waals surface area contributed by atoms with Crippen LogP contribution in [-0.4, -0.2) is 31.7 Å². The quantitative estimate of drug-likeness (QED) is 0.759. The maximum atomic E-state index is 11.9. The predicted octanol–water partition coefficient (Wildman–Crippen LogP) is 2.49. The lowest BCUT2D eigenvalue weighted by molar-refractivity contribution is -0.124. The topological polar surface area (TPSA) is 64.3 Å². The normalized spacial score (nSPS) is 20.6. The van der Waals surface area contributed by atoms with Gasteiger partial charge in [-0.2, -0.15) is 0 Å². The Hall–Kier alpha value is -0.320. The highest BCUT2D eigenvalue weighted by molar-refractivity contribution is 5.85. The zero-order valence-electron chi connectivity index (χ0n) is 13.1. The van der Waals surface area contributed by atoms with E-state index >= 15 is 0 Å². The first-order valence-corrected chi connectivity index (χ1v) is 7.60. The minimum atomic E-state index is -0.169. The van der Waals surface area contributed by atoms with Crippen molar-refractivity contribution in [3.63, 3.8) is 0 Å². The van der Waals surface area contributed by atoms with Crippen LogP contribution in [0.2, 0.25) is 0 Å². The van der Waals surface area contributed by atoms with E-state index < -0.39 is 0 Å². The molecule has 0 aromatic rings. The second-order valence-corrected chi connectivity index (χ2v) is 5.91. The van der Waals surface area contributed by atoms with Gasteiger partial charge in [-0.15, -0.1) is 12.4 Å². The van der Waals surface area contributed by atoms with Gasteiger partial charge in [-0.3, -0.25) is 4.79 Å². The van der Waals surface area contributed by atoms with Crippen molar-refractivity contribution in [3.8, 4) is 0 Å². The van der Waals surface area contributed by atoms with E-state index in [4.69, 9.17) is 10.5 Å². The number of hydrogen-bond acceptors (Lipinski definition) is 3. The van der Waals surface area contributed by atoms with Gasteiger partial charge in [0.15, 0.2) is 0 Å². The second kappa shape index (κ2) is 10.4. The van der Waals surface area contributed by atoms with Gasteiger partial charge in [0.25, 0.3) is 0 Å². The molecule has 1 rings (SSSR count). The standard InChI is InChI=1S/C15H30N2O2.ClH/c1-11(13-7-5-4-6-8-13)12(2)17-15(18)9-14(10-16)19-3;/h11-14H,4-10,16H2,1-3H3,(H,17,18);1H. The van der Waals surface area contributed by atoms with Crippen molar-refractivity contribution in [2.45, 2.75) is 64.5 Å².